The van der Waals surface area contributed by atoms with Gasteiger partial charge in [-0.2, -0.15) is 0 Å². The summed E-state index contributed by atoms with van der Waals surface area (Å²) in [6.45, 7) is 0.875. The molecule has 8 nitrogen and oxygen atoms in total. The van der Waals surface area contributed by atoms with Crippen LogP contribution in [0.4, 0.5) is 9.59 Å². The standard InChI is InChI=1S/C26H34N2O6/c29-15-7-13-23-18-28(26(32)34-20-22-11-5-2-6-12-22)24(14-8-16-30)17-27(23)25(31)33-19-21-9-3-1-4-10-21/h1-6,9-12,23-24,29-30H,7-8,13-20H2. The van der Waals surface area contributed by atoms with Gasteiger partial charge in [-0.15, -0.1) is 0 Å². The first-order chi connectivity index (χ1) is 16.6. The van der Waals surface area contributed by atoms with Crippen LogP contribution in [0.5, 0.6) is 0 Å². The maximum absolute atomic E-state index is 13.0. The number of amides is 2. The summed E-state index contributed by atoms with van der Waals surface area (Å²) in [6, 6.07) is 18.3. The van der Waals surface area contributed by atoms with Crippen molar-refractivity contribution < 1.29 is 29.3 Å². The van der Waals surface area contributed by atoms with Crippen molar-refractivity contribution in [2.24, 2.45) is 0 Å². The number of hydrogen-bond donors (Lipinski definition) is 2. The van der Waals surface area contributed by atoms with Crippen LogP contribution in [0.15, 0.2) is 60.7 Å². The van der Waals surface area contributed by atoms with Crippen molar-refractivity contribution in [3.05, 3.63) is 71.8 Å². The third kappa shape index (κ3) is 7.46. The molecule has 0 aromatic heterocycles. The van der Waals surface area contributed by atoms with Gasteiger partial charge in [0, 0.05) is 26.3 Å². The molecule has 1 aliphatic rings. The molecule has 0 saturated carbocycles. The number of carbonyl (C=O) groups is 2. The van der Waals surface area contributed by atoms with Gasteiger partial charge in [0.2, 0.25) is 0 Å². The molecule has 0 spiro atoms. The lowest BCUT2D eigenvalue weighted by atomic mass is 10.0. The molecule has 1 saturated heterocycles. The Bertz CT molecular complexity index is 806. The van der Waals surface area contributed by atoms with Gasteiger partial charge in [0.1, 0.15) is 13.2 Å². The molecule has 34 heavy (non-hydrogen) atoms. The normalized spacial score (nSPS) is 17.9. The molecule has 1 fully saturated rings. The highest BCUT2D eigenvalue weighted by Crippen LogP contribution is 2.24. The Balaban J connectivity index is 1.69. The van der Waals surface area contributed by atoms with Crippen LogP contribution in [0.25, 0.3) is 0 Å². The lowest BCUT2D eigenvalue weighted by Crippen LogP contribution is -2.61. The van der Waals surface area contributed by atoms with Crippen molar-refractivity contribution in [1.29, 1.82) is 0 Å². The largest absolute Gasteiger partial charge is 0.445 e. The SMILES string of the molecule is O=C(OCc1ccccc1)N1CC(CCCO)N(C(=O)OCc2ccccc2)CC1CCCO. The van der Waals surface area contributed by atoms with Crippen LogP contribution in [0.2, 0.25) is 0 Å². The number of piperazine rings is 1. The number of aliphatic hydroxyl groups excluding tert-OH is 2. The van der Waals surface area contributed by atoms with Crippen molar-refractivity contribution in [3.63, 3.8) is 0 Å². The van der Waals surface area contributed by atoms with Gasteiger partial charge >= 0.3 is 12.2 Å². The summed E-state index contributed by atoms with van der Waals surface area (Å²) in [7, 11) is 0. The number of benzene rings is 2. The second-order valence-electron chi connectivity index (χ2n) is 8.42. The van der Waals surface area contributed by atoms with E-state index in [9.17, 15) is 19.8 Å². The fraction of sp³-hybridized carbons (Fsp3) is 0.462. The number of carbonyl (C=O) groups excluding carboxylic acids is 2. The summed E-state index contributed by atoms with van der Waals surface area (Å²) in [4.78, 5) is 29.3. The minimum absolute atomic E-state index is 0.00417. The number of nitrogens with zero attached hydrogens (tertiary/aromatic N) is 2. The van der Waals surface area contributed by atoms with Crippen LogP contribution in [0.3, 0.4) is 0 Å². The van der Waals surface area contributed by atoms with Gasteiger partial charge in [0.25, 0.3) is 0 Å². The van der Waals surface area contributed by atoms with E-state index in [4.69, 9.17) is 9.47 Å². The predicted octanol–water partition coefficient (Wildman–Crippen LogP) is 3.56. The third-order valence-corrected chi connectivity index (χ3v) is 5.97. The summed E-state index contributed by atoms with van der Waals surface area (Å²) >= 11 is 0. The van der Waals surface area contributed by atoms with E-state index in [1.165, 1.54) is 0 Å². The molecule has 8 heteroatoms. The first kappa shape index (κ1) is 25.5. The first-order valence-corrected chi connectivity index (χ1v) is 11.8. The molecular formula is C26H34N2O6. The molecule has 1 heterocycles. The van der Waals surface area contributed by atoms with Gasteiger partial charge in [-0.1, -0.05) is 60.7 Å². The minimum Gasteiger partial charge on any atom is -0.445 e. The lowest BCUT2D eigenvalue weighted by molar-refractivity contribution is 0.00179. The summed E-state index contributed by atoms with van der Waals surface area (Å²) < 4.78 is 11.1. The van der Waals surface area contributed by atoms with Crippen molar-refractivity contribution in [2.75, 3.05) is 26.3 Å². The molecule has 184 valence electrons. The Morgan fingerprint density at radius 3 is 1.44 bits per heavy atom. The van der Waals surface area contributed by atoms with Gasteiger partial charge in [-0.25, -0.2) is 9.59 Å². The van der Waals surface area contributed by atoms with E-state index < -0.39 is 12.2 Å². The minimum atomic E-state index is -0.446. The predicted molar refractivity (Wildman–Crippen MR) is 127 cm³/mol. The summed E-state index contributed by atoms with van der Waals surface area (Å²) in [6.07, 6.45) is 1.18. The van der Waals surface area contributed by atoms with Crippen molar-refractivity contribution in [1.82, 2.24) is 9.80 Å². The highest BCUT2D eigenvalue weighted by molar-refractivity contribution is 5.71. The van der Waals surface area contributed by atoms with Crippen LogP contribution in [0.1, 0.15) is 36.8 Å². The molecule has 2 N–H and O–H groups in total. The Labute approximate surface area is 200 Å². The molecule has 0 aliphatic carbocycles. The van der Waals surface area contributed by atoms with Crippen LogP contribution >= 0.6 is 0 Å². The Morgan fingerprint density at radius 2 is 1.09 bits per heavy atom. The fourth-order valence-corrected chi connectivity index (χ4v) is 4.15. The molecule has 2 aromatic rings. The quantitative estimate of drug-likeness (QED) is 0.551. The molecule has 1 aliphatic heterocycles. The van der Waals surface area contributed by atoms with Crippen molar-refractivity contribution in [2.45, 2.75) is 51.0 Å². The van der Waals surface area contributed by atoms with Gasteiger partial charge < -0.3 is 29.5 Å². The Morgan fingerprint density at radius 1 is 0.706 bits per heavy atom. The van der Waals surface area contributed by atoms with E-state index in [1.54, 1.807) is 9.80 Å². The molecule has 0 bridgehead atoms. The van der Waals surface area contributed by atoms with Gasteiger partial charge in [0.15, 0.2) is 0 Å². The van der Waals surface area contributed by atoms with E-state index >= 15 is 0 Å². The zero-order valence-corrected chi connectivity index (χ0v) is 19.4. The van der Waals surface area contributed by atoms with Crippen LogP contribution in [0, 0.1) is 0 Å². The summed E-state index contributed by atoms with van der Waals surface area (Å²) in [5.41, 5.74) is 1.78. The number of aliphatic hydroxyl groups is 2. The summed E-state index contributed by atoms with van der Waals surface area (Å²) in [5.74, 6) is 0. The van der Waals surface area contributed by atoms with Gasteiger partial charge in [-0.3, -0.25) is 0 Å². The first-order valence-electron chi connectivity index (χ1n) is 11.8. The molecule has 2 atom stereocenters. The second kappa shape index (κ2) is 13.6. The number of rotatable bonds is 10. The average Bonchev–Trinajstić information content (AvgIpc) is 2.89. The van der Waals surface area contributed by atoms with E-state index in [0.29, 0.717) is 25.7 Å². The molecule has 2 aromatic carbocycles. The number of ether oxygens (including phenoxy) is 2. The zero-order chi connectivity index (χ0) is 24.2. The lowest BCUT2D eigenvalue weighted by Gasteiger charge is -2.45. The maximum atomic E-state index is 13.0. The molecular weight excluding hydrogens is 436 g/mol. The summed E-state index contributed by atoms with van der Waals surface area (Å²) in [5, 5.41) is 18.7. The molecule has 2 unspecified atom stereocenters. The van der Waals surface area contributed by atoms with Gasteiger partial charge in [0.05, 0.1) is 12.1 Å². The topological polar surface area (TPSA) is 99.5 Å². The molecule has 0 radical (unpaired) electrons. The molecule has 3 rings (SSSR count). The smallest absolute Gasteiger partial charge is 0.410 e. The fourth-order valence-electron chi connectivity index (χ4n) is 4.15. The highest BCUT2D eigenvalue weighted by atomic mass is 16.6. The van der Waals surface area contributed by atoms with Gasteiger partial charge in [-0.05, 0) is 36.8 Å². The van der Waals surface area contributed by atoms with Crippen molar-refractivity contribution >= 4 is 12.2 Å². The number of hydrogen-bond acceptors (Lipinski definition) is 6. The molecule has 2 amide bonds. The monoisotopic (exact) mass is 470 g/mol. The van der Waals surface area contributed by atoms with E-state index in [2.05, 4.69) is 0 Å². The average molecular weight is 471 g/mol. The third-order valence-electron chi connectivity index (χ3n) is 5.97. The van der Waals surface area contributed by atoms with E-state index in [-0.39, 0.29) is 51.6 Å². The zero-order valence-electron chi connectivity index (χ0n) is 19.4. The van der Waals surface area contributed by atoms with Crippen LogP contribution in [-0.4, -0.2) is 70.6 Å². The van der Waals surface area contributed by atoms with E-state index in [0.717, 1.165) is 11.1 Å². The van der Waals surface area contributed by atoms with E-state index in [1.807, 2.05) is 60.7 Å². The van der Waals surface area contributed by atoms with Crippen molar-refractivity contribution in [3.8, 4) is 0 Å². The van der Waals surface area contributed by atoms with Crippen LogP contribution in [-0.2, 0) is 22.7 Å². The highest BCUT2D eigenvalue weighted by Gasteiger charge is 2.39. The Kier molecular flexibility index (Phi) is 10.2. The van der Waals surface area contributed by atoms with Crippen LogP contribution < -0.4 is 0 Å². The maximum Gasteiger partial charge on any atom is 0.410 e. The Hall–Kier alpha value is -3.10. The second-order valence-corrected chi connectivity index (χ2v) is 8.42.